The van der Waals surface area contributed by atoms with E-state index in [-0.39, 0.29) is 5.91 Å². The van der Waals surface area contributed by atoms with E-state index in [1.54, 1.807) is 0 Å². The summed E-state index contributed by atoms with van der Waals surface area (Å²) in [6.45, 7) is 1.88. The van der Waals surface area contributed by atoms with Crippen LogP contribution < -0.4 is 5.32 Å². The predicted molar refractivity (Wildman–Crippen MR) is 52.8 cm³/mol. The quantitative estimate of drug-likeness (QED) is 0.729. The molecule has 0 bridgehead atoms. The second-order valence-electron chi connectivity index (χ2n) is 3.72. The monoisotopic (exact) mass is 193 g/mol. The van der Waals surface area contributed by atoms with Gasteiger partial charge in [0, 0.05) is 18.7 Å². The van der Waals surface area contributed by atoms with E-state index < -0.39 is 0 Å². The number of rotatable bonds is 2. The van der Waals surface area contributed by atoms with Crippen LogP contribution in [0.15, 0.2) is 6.20 Å². The van der Waals surface area contributed by atoms with Crippen molar-refractivity contribution < 1.29 is 4.79 Å². The topological polar surface area (TPSA) is 57.8 Å². The van der Waals surface area contributed by atoms with Crippen molar-refractivity contribution in [2.45, 2.75) is 38.6 Å². The molecular weight excluding hydrogens is 178 g/mol. The van der Waals surface area contributed by atoms with Crippen molar-refractivity contribution in [1.82, 2.24) is 15.5 Å². The molecule has 4 heteroatoms. The maximum Gasteiger partial charge on any atom is 0.219 e. The number of amides is 1. The van der Waals surface area contributed by atoms with Gasteiger partial charge in [0.2, 0.25) is 5.91 Å². The Bertz CT molecular complexity index is 332. The second kappa shape index (κ2) is 3.82. The number of fused-ring (bicyclic) bond motifs is 1. The SMILES string of the molecule is CCC(=O)NC1CCc2n[nH]cc2C1. The van der Waals surface area contributed by atoms with Gasteiger partial charge in [-0.3, -0.25) is 9.89 Å². The van der Waals surface area contributed by atoms with Crippen LogP contribution in [0.2, 0.25) is 0 Å². The molecule has 1 atom stereocenters. The molecule has 2 N–H and O–H groups in total. The molecule has 0 aromatic carbocycles. The third-order valence-electron chi connectivity index (χ3n) is 2.69. The number of aromatic nitrogens is 2. The molecule has 0 radical (unpaired) electrons. The average Bonchev–Trinajstić information content (AvgIpc) is 2.64. The van der Waals surface area contributed by atoms with Crippen LogP contribution in [0.1, 0.15) is 31.0 Å². The lowest BCUT2D eigenvalue weighted by Gasteiger charge is -2.22. The van der Waals surface area contributed by atoms with Crippen molar-refractivity contribution in [3.05, 3.63) is 17.5 Å². The van der Waals surface area contributed by atoms with Crippen molar-refractivity contribution in [1.29, 1.82) is 0 Å². The molecule has 1 aliphatic carbocycles. The number of carbonyl (C=O) groups is 1. The van der Waals surface area contributed by atoms with Gasteiger partial charge in [0.15, 0.2) is 0 Å². The number of hydrogen-bond acceptors (Lipinski definition) is 2. The summed E-state index contributed by atoms with van der Waals surface area (Å²) in [4.78, 5) is 11.2. The van der Waals surface area contributed by atoms with Gasteiger partial charge in [0.1, 0.15) is 0 Å². The van der Waals surface area contributed by atoms with E-state index in [0.717, 1.165) is 25.0 Å². The number of nitrogens with one attached hydrogen (secondary N) is 2. The summed E-state index contributed by atoms with van der Waals surface area (Å²) < 4.78 is 0. The Hall–Kier alpha value is -1.32. The molecule has 1 aromatic heterocycles. The Morgan fingerprint density at radius 2 is 2.64 bits per heavy atom. The van der Waals surface area contributed by atoms with Gasteiger partial charge in [-0.2, -0.15) is 5.10 Å². The highest BCUT2D eigenvalue weighted by molar-refractivity contribution is 5.75. The highest BCUT2D eigenvalue weighted by Gasteiger charge is 2.20. The third kappa shape index (κ3) is 1.78. The molecule has 0 saturated heterocycles. The van der Waals surface area contributed by atoms with Crippen molar-refractivity contribution >= 4 is 5.91 Å². The van der Waals surface area contributed by atoms with Crippen molar-refractivity contribution in [3.63, 3.8) is 0 Å². The second-order valence-corrected chi connectivity index (χ2v) is 3.72. The number of H-pyrrole nitrogens is 1. The smallest absolute Gasteiger partial charge is 0.219 e. The van der Waals surface area contributed by atoms with Crippen LogP contribution in [0.3, 0.4) is 0 Å². The van der Waals surface area contributed by atoms with E-state index in [0.29, 0.717) is 12.5 Å². The van der Waals surface area contributed by atoms with Gasteiger partial charge in [0.05, 0.1) is 5.69 Å². The van der Waals surface area contributed by atoms with Crippen LogP contribution in [0.5, 0.6) is 0 Å². The van der Waals surface area contributed by atoms with Crippen LogP contribution in [-0.2, 0) is 17.6 Å². The molecule has 1 aromatic rings. The van der Waals surface area contributed by atoms with E-state index >= 15 is 0 Å². The van der Waals surface area contributed by atoms with Gasteiger partial charge in [0.25, 0.3) is 0 Å². The summed E-state index contributed by atoms with van der Waals surface area (Å²) in [5.41, 5.74) is 2.41. The average molecular weight is 193 g/mol. The molecule has 0 spiro atoms. The van der Waals surface area contributed by atoms with Gasteiger partial charge in [-0.05, 0) is 24.8 Å². The molecule has 1 aliphatic rings. The first-order valence-corrected chi connectivity index (χ1v) is 5.10. The summed E-state index contributed by atoms with van der Waals surface area (Å²) >= 11 is 0. The molecule has 1 heterocycles. The van der Waals surface area contributed by atoms with Crippen molar-refractivity contribution in [3.8, 4) is 0 Å². The number of aryl methyl sites for hydroxylation is 1. The van der Waals surface area contributed by atoms with Crippen LogP contribution in [0, 0.1) is 0 Å². The third-order valence-corrected chi connectivity index (χ3v) is 2.69. The molecule has 14 heavy (non-hydrogen) atoms. The maximum absolute atomic E-state index is 11.2. The first-order valence-electron chi connectivity index (χ1n) is 5.10. The molecule has 0 fully saturated rings. The van der Waals surface area contributed by atoms with Crippen LogP contribution in [-0.4, -0.2) is 22.1 Å². The van der Waals surface area contributed by atoms with Crippen molar-refractivity contribution in [2.24, 2.45) is 0 Å². The fourth-order valence-electron chi connectivity index (χ4n) is 1.87. The Morgan fingerprint density at radius 3 is 3.43 bits per heavy atom. The van der Waals surface area contributed by atoms with E-state index in [9.17, 15) is 4.79 Å². The number of carbonyl (C=O) groups excluding carboxylic acids is 1. The highest BCUT2D eigenvalue weighted by atomic mass is 16.1. The summed E-state index contributed by atoms with van der Waals surface area (Å²) in [6, 6.07) is 0.299. The number of aromatic amines is 1. The zero-order valence-electron chi connectivity index (χ0n) is 8.34. The van der Waals surface area contributed by atoms with E-state index in [2.05, 4.69) is 15.5 Å². The van der Waals surface area contributed by atoms with E-state index in [1.165, 1.54) is 5.56 Å². The molecule has 76 valence electrons. The fourth-order valence-corrected chi connectivity index (χ4v) is 1.87. The van der Waals surface area contributed by atoms with Crippen LogP contribution >= 0.6 is 0 Å². The zero-order valence-corrected chi connectivity index (χ0v) is 8.34. The summed E-state index contributed by atoms with van der Waals surface area (Å²) in [7, 11) is 0. The Morgan fingerprint density at radius 1 is 1.79 bits per heavy atom. The van der Waals surface area contributed by atoms with E-state index in [4.69, 9.17) is 0 Å². The number of nitrogens with zero attached hydrogens (tertiary/aromatic N) is 1. The minimum atomic E-state index is 0.141. The van der Waals surface area contributed by atoms with Gasteiger partial charge in [-0.15, -0.1) is 0 Å². The minimum absolute atomic E-state index is 0.141. The molecule has 2 rings (SSSR count). The zero-order chi connectivity index (χ0) is 9.97. The summed E-state index contributed by atoms with van der Waals surface area (Å²) in [6.07, 6.45) is 5.38. The predicted octanol–water partition coefficient (Wildman–Crippen LogP) is 0.793. The fraction of sp³-hybridized carbons (Fsp3) is 0.600. The van der Waals surface area contributed by atoms with Gasteiger partial charge in [-0.25, -0.2) is 0 Å². The van der Waals surface area contributed by atoms with Crippen LogP contribution in [0.25, 0.3) is 0 Å². The Kier molecular flexibility index (Phi) is 2.52. The minimum Gasteiger partial charge on any atom is -0.353 e. The first kappa shape index (κ1) is 9.24. The van der Waals surface area contributed by atoms with Gasteiger partial charge >= 0.3 is 0 Å². The van der Waals surface area contributed by atoms with Crippen molar-refractivity contribution in [2.75, 3.05) is 0 Å². The molecule has 1 unspecified atom stereocenters. The molecule has 4 nitrogen and oxygen atoms in total. The Labute approximate surface area is 83.1 Å². The standard InChI is InChI=1S/C10H15N3O/c1-2-10(14)12-8-3-4-9-7(5-8)6-11-13-9/h6,8H,2-5H2,1H3,(H,11,13)(H,12,14). The lowest BCUT2D eigenvalue weighted by atomic mass is 9.93. The highest BCUT2D eigenvalue weighted by Crippen LogP contribution is 2.18. The number of hydrogen-bond donors (Lipinski definition) is 2. The van der Waals surface area contributed by atoms with Gasteiger partial charge in [-0.1, -0.05) is 6.92 Å². The lowest BCUT2D eigenvalue weighted by Crippen LogP contribution is -2.38. The summed E-state index contributed by atoms with van der Waals surface area (Å²) in [5, 5.41) is 10.0. The van der Waals surface area contributed by atoms with Crippen LogP contribution in [0.4, 0.5) is 0 Å². The lowest BCUT2D eigenvalue weighted by molar-refractivity contribution is -0.121. The summed E-state index contributed by atoms with van der Waals surface area (Å²) in [5.74, 6) is 0.141. The molecule has 0 aliphatic heterocycles. The van der Waals surface area contributed by atoms with Gasteiger partial charge < -0.3 is 5.32 Å². The largest absolute Gasteiger partial charge is 0.353 e. The molecule has 0 saturated carbocycles. The molecular formula is C10H15N3O. The maximum atomic E-state index is 11.2. The van der Waals surface area contributed by atoms with E-state index in [1.807, 2.05) is 13.1 Å². The Balaban J connectivity index is 1.97. The normalized spacial score (nSPS) is 20.2. The molecule has 1 amide bonds. The first-order chi connectivity index (χ1) is 6.79.